The number of pyridine rings is 1. The fourth-order valence-corrected chi connectivity index (χ4v) is 2.78. The normalized spacial score (nSPS) is 19.9. The molecule has 1 saturated heterocycles. The Bertz CT molecular complexity index is 445. The molecule has 0 radical (unpaired) electrons. The van der Waals surface area contributed by atoms with E-state index in [0.717, 1.165) is 5.69 Å². The van der Waals surface area contributed by atoms with Crippen LogP contribution in [0.2, 0.25) is 0 Å². The minimum atomic E-state index is -0.0168. The van der Waals surface area contributed by atoms with Gasteiger partial charge in [0.15, 0.2) is 0 Å². The van der Waals surface area contributed by atoms with Crippen molar-refractivity contribution in [1.82, 2.24) is 15.2 Å². The summed E-state index contributed by atoms with van der Waals surface area (Å²) in [4.78, 5) is 17.8. The van der Waals surface area contributed by atoms with Crippen LogP contribution in [-0.2, 0) is 11.3 Å². The van der Waals surface area contributed by atoms with Gasteiger partial charge in [-0.1, -0.05) is 0 Å². The van der Waals surface area contributed by atoms with Gasteiger partial charge in [-0.15, -0.1) is 0 Å². The van der Waals surface area contributed by atoms with Gasteiger partial charge in [-0.3, -0.25) is 14.7 Å². The first-order valence-electron chi connectivity index (χ1n) is 7.03. The van der Waals surface area contributed by atoms with E-state index in [1.807, 2.05) is 6.20 Å². The number of amides is 1. The zero-order valence-electron chi connectivity index (χ0n) is 12.0. The van der Waals surface area contributed by atoms with Crippen molar-refractivity contribution in [2.75, 3.05) is 6.54 Å². The van der Waals surface area contributed by atoms with Crippen LogP contribution in [0.25, 0.3) is 0 Å². The molecule has 1 aromatic rings. The number of nitrogens with zero attached hydrogens (tertiary/aromatic N) is 2. The van der Waals surface area contributed by atoms with E-state index in [4.69, 9.17) is 0 Å². The molecule has 0 spiro atoms. The van der Waals surface area contributed by atoms with Crippen LogP contribution in [0.3, 0.4) is 0 Å². The summed E-state index contributed by atoms with van der Waals surface area (Å²) >= 11 is 0. The number of hydrogen-bond acceptors (Lipinski definition) is 3. The third kappa shape index (κ3) is 3.53. The lowest BCUT2D eigenvalue weighted by Gasteiger charge is -2.28. The van der Waals surface area contributed by atoms with Crippen molar-refractivity contribution in [3.8, 4) is 0 Å². The fraction of sp³-hybridized carbons (Fsp3) is 0.600. The number of aromatic nitrogens is 1. The Kier molecular flexibility index (Phi) is 4.53. The quantitative estimate of drug-likeness (QED) is 0.904. The highest BCUT2D eigenvalue weighted by Crippen LogP contribution is 2.33. The number of carbonyl (C=O) groups excluding carboxylic acids is 1. The Hall–Kier alpha value is -1.42. The van der Waals surface area contributed by atoms with Crippen LogP contribution < -0.4 is 5.32 Å². The summed E-state index contributed by atoms with van der Waals surface area (Å²) in [6.45, 7) is 7.71. The highest BCUT2D eigenvalue weighted by Gasteiger charge is 2.27. The number of carbonyl (C=O) groups is 1. The van der Waals surface area contributed by atoms with Crippen LogP contribution in [0.4, 0.5) is 0 Å². The van der Waals surface area contributed by atoms with E-state index in [0.29, 0.717) is 18.6 Å². The zero-order valence-corrected chi connectivity index (χ0v) is 12.0. The second kappa shape index (κ2) is 6.15. The molecule has 4 heteroatoms. The maximum atomic E-state index is 11.0. The summed E-state index contributed by atoms with van der Waals surface area (Å²) < 4.78 is 0. The van der Waals surface area contributed by atoms with Crippen LogP contribution in [0.1, 0.15) is 50.9 Å². The molecule has 1 N–H and O–H groups in total. The van der Waals surface area contributed by atoms with Gasteiger partial charge < -0.3 is 5.32 Å². The molecule has 19 heavy (non-hydrogen) atoms. The summed E-state index contributed by atoms with van der Waals surface area (Å²) in [5.41, 5.74) is 2.25. The summed E-state index contributed by atoms with van der Waals surface area (Å²) in [6.07, 6.45) is 4.32. The third-order valence-corrected chi connectivity index (χ3v) is 3.70. The molecule has 0 bridgehead atoms. The zero-order chi connectivity index (χ0) is 13.8. The minimum absolute atomic E-state index is 0.0168. The van der Waals surface area contributed by atoms with Gasteiger partial charge in [-0.05, 0) is 50.9 Å². The van der Waals surface area contributed by atoms with Gasteiger partial charge in [0.2, 0.25) is 5.91 Å². The average Bonchev–Trinajstić information content (AvgIpc) is 2.86. The van der Waals surface area contributed by atoms with Crippen LogP contribution in [0.5, 0.6) is 0 Å². The molecule has 1 aliphatic heterocycles. The number of rotatable bonds is 4. The Balaban J connectivity index is 2.11. The van der Waals surface area contributed by atoms with Gasteiger partial charge in [0, 0.05) is 25.2 Å². The first-order valence-corrected chi connectivity index (χ1v) is 7.03. The SMILES string of the molecule is CC(=O)NCc1cc([C@H]2CCCN2C(C)C)ccn1. The van der Waals surface area contributed by atoms with Crippen LogP contribution in [0, 0.1) is 0 Å². The second-order valence-electron chi connectivity index (χ2n) is 5.48. The highest BCUT2D eigenvalue weighted by molar-refractivity contribution is 5.72. The first kappa shape index (κ1) is 14.0. The Morgan fingerprint density at radius 1 is 1.58 bits per heavy atom. The van der Waals surface area contributed by atoms with E-state index in [-0.39, 0.29) is 5.91 Å². The molecule has 1 atom stereocenters. The van der Waals surface area contributed by atoms with Crippen LogP contribution in [-0.4, -0.2) is 28.4 Å². The van der Waals surface area contributed by atoms with Crippen molar-refractivity contribution in [2.24, 2.45) is 0 Å². The predicted octanol–water partition coefficient (Wildman–Crippen LogP) is 2.26. The topological polar surface area (TPSA) is 45.2 Å². The molecule has 1 amide bonds. The summed E-state index contributed by atoms with van der Waals surface area (Å²) in [5, 5.41) is 2.80. The number of hydrogen-bond donors (Lipinski definition) is 1. The molecule has 0 saturated carbocycles. The van der Waals surface area contributed by atoms with E-state index >= 15 is 0 Å². The van der Waals surface area contributed by atoms with Gasteiger partial charge in [0.25, 0.3) is 0 Å². The van der Waals surface area contributed by atoms with E-state index in [9.17, 15) is 4.79 Å². The van der Waals surface area contributed by atoms with Crippen molar-refractivity contribution >= 4 is 5.91 Å². The monoisotopic (exact) mass is 261 g/mol. The molecule has 2 heterocycles. The van der Waals surface area contributed by atoms with E-state index in [2.05, 4.69) is 41.2 Å². The molecule has 0 unspecified atom stereocenters. The molecule has 1 fully saturated rings. The number of likely N-dealkylation sites (tertiary alicyclic amines) is 1. The second-order valence-corrected chi connectivity index (χ2v) is 5.48. The fourth-order valence-electron chi connectivity index (χ4n) is 2.78. The summed E-state index contributed by atoms with van der Waals surface area (Å²) in [5.74, 6) is -0.0168. The molecule has 0 aliphatic carbocycles. The molecule has 1 aromatic heterocycles. The lowest BCUT2D eigenvalue weighted by atomic mass is 10.0. The average molecular weight is 261 g/mol. The molecule has 104 valence electrons. The van der Waals surface area contributed by atoms with Crippen molar-refractivity contribution in [3.63, 3.8) is 0 Å². The largest absolute Gasteiger partial charge is 0.351 e. The van der Waals surface area contributed by atoms with Gasteiger partial charge >= 0.3 is 0 Å². The molecule has 4 nitrogen and oxygen atoms in total. The molecule has 2 rings (SSSR count). The van der Waals surface area contributed by atoms with Crippen LogP contribution >= 0.6 is 0 Å². The van der Waals surface area contributed by atoms with Gasteiger partial charge in [-0.2, -0.15) is 0 Å². The molecular weight excluding hydrogens is 238 g/mol. The Morgan fingerprint density at radius 3 is 3.05 bits per heavy atom. The molecular formula is C15H23N3O. The van der Waals surface area contributed by atoms with E-state index < -0.39 is 0 Å². The first-order chi connectivity index (χ1) is 9.08. The van der Waals surface area contributed by atoms with Crippen molar-refractivity contribution in [2.45, 2.75) is 52.2 Å². The minimum Gasteiger partial charge on any atom is -0.351 e. The van der Waals surface area contributed by atoms with Crippen molar-refractivity contribution < 1.29 is 4.79 Å². The Morgan fingerprint density at radius 2 is 2.37 bits per heavy atom. The lowest BCUT2D eigenvalue weighted by Crippen LogP contribution is -2.30. The predicted molar refractivity (Wildman–Crippen MR) is 75.6 cm³/mol. The summed E-state index contributed by atoms with van der Waals surface area (Å²) in [6, 6.07) is 5.29. The van der Waals surface area contributed by atoms with Crippen molar-refractivity contribution in [1.29, 1.82) is 0 Å². The van der Waals surface area contributed by atoms with Crippen molar-refractivity contribution in [3.05, 3.63) is 29.6 Å². The van der Waals surface area contributed by atoms with E-state index in [1.54, 1.807) is 0 Å². The van der Waals surface area contributed by atoms with Gasteiger partial charge in [0.1, 0.15) is 0 Å². The maximum absolute atomic E-state index is 11.0. The van der Waals surface area contributed by atoms with Crippen LogP contribution in [0.15, 0.2) is 18.3 Å². The summed E-state index contributed by atoms with van der Waals surface area (Å²) in [7, 11) is 0. The number of nitrogens with one attached hydrogen (secondary N) is 1. The maximum Gasteiger partial charge on any atom is 0.217 e. The Labute approximate surface area is 115 Å². The smallest absolute Gasteiger partial charge is 0.217 e. The van der Waals surface area contributed by atoms with E-state index in [1.165, 1.54) is 31.9 Å². The molecule has 1 aliphatic rings. The highest BCUT2D eigenvalue weighted by atomic mass is 16.1. The standard InChI is InChI=1S/C15H23N3O/c1-11(2)18-8-4-5-15(18)13-6-7-16-14(9-13)10-17-12(3)19/h6-7,9,11,15H,4-5,8,10H2,1-3H3,(H,17,19)/t15-/m1/s1. The van der Waals surface area contributed by atoms with Gasteiger partial charge in [0.05, 0.1) is 12.2 Å². The molecule has 0 aromatic carbocycles. The third-order valence-electron chi connectivity index (χ3n) is 3.70. The van der Waals surface area contributed by atoms with Gasteiger partial charge in [-0.25, -0.2) is 0 Å². The lowest BCUT2D eigenvalue weighted by molar-refractivity contribution is -0.119.